The van der Waals surface area contributed by atoms with Crippen molar-refractivity contribution in [2.45, 2.75) is 18.9 Å². The molecule has 0 aliphatic carbocycles. The molecule has 0 radical (unpaired) electrons. The quantitative estimate of drug-likeness (QED) is 0.546. The third-order valence-corrected chi connectivity index (χ3v) is 2.77. The summed E-state index contributed by atoms with van der Waals surface area (Å²) in [5, 5.41) is 9.70. The van der Waals surface area contributed by atoms with Crippen molar-refractivity contribution in [3.63, 3.8) is 0 Å². The molecule has 3 nitrogen and oxygen atoms in total. The van der Waals surface area contributed by atoms with Gasteiger partial charge >= 0.3 is 0 Å². The molecule has 0 aromatic carbocycles. The Morgan fingerprint density at radius 3 is 2.55 bits per heavy atom. The second-order valence-corrected chi connectivity index (χ2v) is 3.52. The van der Waals surface area contributed by atoms with Gasteiger partial charge in [-0.2, -0.15) is 0 Å². The second-order valence-electron chi connectivity index (χ2n) is 3.52. The largest absolute Gasteiger partial charge is 0.392 e. The summed E-state index contributed by atoms with van der Waals surface area (Å²) in [5.41, 5.74) is -0.0573. The summed E-state index contributed by atoms with van der Waals surface area (Å²) in [4.78, 5) is 0. The van der Waals surface area contributed by atoms with E-state index in [1.54, 1.807) is 0 Å². The molecular formula is C8H14O3. The van der Waals surface area contributed by atoms with Crippen LogP contribution in [0.3, 0.4) is 0 Å². The molecule has 2 saturated heterocycles. The van der Waals surface area contributed by atoms with E-state index in [2.05, 4.69) is 0 Å². The summed E-state index contributed by atoms with van der Waals surface area (Å²) in [7, 11) is 0. The number of hydrogen-bond acceptors (Lipinski definition) is 3. The molecule has 0 bridgehead atoms. The van der Waals surface area contributed by atoms with Crippen molar-refractivity contribution in [1.82, 2.24) is 0 Å². The van der Waals surface area contributed by atoms with Gasteiger partial charge in [0, 0.05) is 18.6 Å². The molecule has 0 amide bonds. The van der Waals surface area contributed by atoms with Gasteiger partial charge in [0.25, 0.3) is 0 Å². The molecule has 64 valence electrons. The highest BCUT2D eigenvalue weighted by atomic mass is 16.5. The zero-order valence-electron chi connectivity index (χ0n) is 6.58. The topological polar surface area (TPSA) is 38.7 Å². The first-order chi connectivity index (χ1) is 5.33. The fraction of sp³-hybridized carbons (Fsp3) is 1.00. The Morgan fingerprint density at radius 2 is 1.91 bits per heavy atom. The van der Waals surface area contributed by atoms with Crippen LogP contribution in [0, 0.1) is 5.41 Å². The summed E-state index contributed by atoms with van der Waals surface area (Å²) in [6.45, 7) is 2.83. The van der Waals surface area contributed by atoms with Crippen molar-refractivity contribution in [2.75, 3.05) is 26.4 Å². The van der Waals surface area contributed by atoms with Gasteiger partial charge in [0.2, 0.25) is 0 Å². The molecule has 3 heteroatoms. The second kappa shape index (κ2) is 2.73. The van der Waals surface area contributed by atoms with Gasteiger partial charge in [0.1, 0.15) is 0 Å². The lowest BCUT2D eigenvalue weighted by Crippen LogP contribution is -2.44. The summed E-state index contributed by atoms with van der Waals surface area (Å²) in [5.74, 6) is 0. The van der Waals surface area contributed by atoms with Crippen molar-refractivity contribution < 1.29 is 14.6 Å². The first-order valence-corrected chi connectivity index (χ1v) is 4.17. The molecule has 11 heavy (non-hydrogen) atoms. The highest BCUT2D eigenvalue weighted by Crippen LogP contribution is 2.36. The summed E-state index contributed by atoms with van der Waals surface area (Å²) < 4.78 is 10.6. The third kappa shape index (κ3) is 1.17. The normalized spacial score (nSPS) is 45.0. The molecule has 2 atom stereocenters. The molecule has 0 saturated carbocycles. The van der Waals surface area contributed by atoms with E-state index in [9.17, 15) is 5.11 Å². The minimum atomic E-state index is -0.209. The lowest BCUT2D eigenvalue weighted by Gasteiger charge is -2.36. The molecule has 2 heterocycles. The maximum Gasteiger partial charge on any atom is 0.0663 e. The summed E-state index contributed by atoms with van der Waals surface area (Å²) >= 11 is 0. The maximum atomic E-state index is 9.70. The van der Waals surface area contributed by atoms with Crippen molar-refractivity contribution in [2.24, 2.45) is 5.41 Å². The minimum Gasteiger partial charge on any atom is -0.392 e. The fourth-order valence-corrected chi connectivity index (χ4v) is 1.87. The van der Waals surface area contributed by atoms with Gasteiger partial charge in [-0.15, -0.1) is 0 Å². The highest BCUT2D eigenvalue weighted by molar-refractivity contribution is 4.91. The van der Waals surface area contributed by atoms with E-state index in [4.69, 9.17) is 9.47 Å². The zero-order valence-corrected chi connectivity index (χ0v) is 6.58. The Hall–Kier alpha value is -0.120. The monoisotopic (exact) mass is 158 g/mol. The molecular weight excluding hydrogens is 144 g/mol. The minimum absolute atomic E-state index is 0.0573. The Labute approximate surface area is 66.3 Å². The van der Waals surface area contributed by atoms with Gasteiger partial charge in [-0.25, -0.2) is 0 Å². The number of ether oxygens (including phenoxy) is 2. The smallest absolute Gasteiger partial charge is 0.0663 e. The van der Waals surface area contributed by atoms with Crippen LogP contribution in [-0.4, -0.2) is 37.6 Å². The molecule has 1 spiro atoms. The van der Waals surface area contributed by atoms with E-state index in [0.29, 0.717) is 19.8 Å². The number of aliphatic hydroxyl groups is 1. The van der Waals surface area contributed by atoms with Crippen molar-refractivity contribution in [3.8, 4) is 0 Å². The molecule has 0 aromatic heterocycles. The van der Waals surface area contributed by atoms with Gasteiger partial charge in [-0.3, -0.25) is 0 Å². The van der Waals surface area contributed by atoms with E-state index in [1.165, 1.54) is 0 Å². The first kappa shape index (κ1) is 7.53. The zero-order chi connectivity index (χ0) is 7.73. The lowest BCUT2D eigenvalue weighted by atomic mass is 9.79. The number of hydrogen-bond donors (Lipinski definition) is 1. The van der Waals surface area contributed by atoms with Crippen molar-refractivity contribution in [3.05, 3.63) is 0 Å². The van der Waals surface area contributed by atoms with Crippen LogP contribution < -0.4 is 0 Å². The average molecular weight is 158 g/mol. The average Bonchev–Trinajstić information content (AvgIpc) is 2.46. The summed E-state index contributed by atoms with van der Waals surface area (Å²) in [6.07, 6.45) is 1.51. The van der Waals surface area contributed by atoms with E-state index >= 15 is 0 Å². The van der Waals surface area contributed by atoms with E-state index in [-0.39, 0.29) is 11.5 Å². The molecule has 2 aliphatic rings. The van der Waals surface area contributed by atoms with Gasteiger partial charge in [-0.05, 0) is 12.8 Å². The van der Waals surface area contributed by atoms with Gasteiger partial charge < -0.3 is 14.6 Å². The van der Waals surface area contributed by atoms with Gasteiger partial charge in [0.05, 0.1) is 19.3 Å². The Bertz CT molecular complexity index is 140. The van der Waals surface area contributed by atoms with E-state index in [0.717, 1.165) is 19.4 Å². The Balaban J connectivity index is 2.07. The molecule has 2 fully saturated rings. The molecule has 2 rings (SSSR count). The van der Waals surface area contributed by atoms with Crippen LogP contribution in [0.4, 0.5) is 0 Å². The SMILES string of the molecule is OC1CCOCC12CCOC2. The summed E-state index contributed by atoms with van der Waals surface area (Å²) in [6, 6.07) is 0. The lowest BCUT2D eigenvalue weighted by molar-refractivity contribution is -0.0995. The van der Waals surface area contributed by atoms with Gasteiger partial charge in [-0.1, -0.05) is 0 Å². The maximum absolute atomic E-state index is 9.70. The molecule has 2 unspecified atom stereocenters. The van der Waals surface area contributed by atoms with Crippen LogP contribution in [0.1, 0.15) is 12.8 Å². The van der Waals surface area contributed by atoms with Crippen LogP contribution in [0.15, 0.2) is 0 Å². The van der Waals surface area contributed by atoms with Crippen LogP contribution in [0.5, 0.6) is 0 Å². The fourth-order valence-electron chi connectivity index (χ4n) is 1.87. The molecule has 1 N–H and O–H groups in total. The molecule has 2 aliphatic heterocycles. The van der Waals surface area contributed by atoms with Gasteiger partial charge in [0.15, 0.2) is 0 Å². The number of rotatable bonds is 0. The van der Waals surface area contributed by atoms with Crippen molar-refractivity contribution >= 4 is 0 Å². The van der Waals surface area contributed by atoms with E-state index < -0.39 is 0 Å². The first-order valence-electron chi connectivity index (χ1n) is 4.17. The predicted octanol–water partition coefficient (Wildman–Crippen LogP) is 0.174. The van der Waals surface area contributed by atoms with Crippen molar-refractivity contribution in [1.29, 1.82) is 0 Å². The van der Waals surface area contributed by atoms with Crippen LogP contribution in [0.25, 0.3) is 0 Å². The Kier molecular flexibility index (Phi) is 1.87. The number of aliphatic hydroxyl groups excluding tert-OH is 1. The molecule has 0 aromatic rings. The van der Waals surface area contributed by atoms with E-state index in [1.807, 2.05) is 0 Å². The standard InChI is InChI=1S/C8H14O3/c9-7-1-3-10-5-8(7)2-4-11-6-8/h7,9H,1-6H2. The predicted molar refractivity (Wildman–Crippen MR) is 39.3 cm³/mol. The van der Waals surface area contributed by atoms with Crippen LogP contribution >= 0.6 is 0 Å². The highest BCUT2D eigenvalue weighted by Gasteiger charge is 2.43. The van der Waals surface area contributed by atoms with Crippen LogP contribution in [0.2, 0.25) is 0 Å². The van der Waals surface area contributed by atoms with Crippen LogP contribution in [-0.2, 0) is 9.47 Å². The third-order valence-electron chi connectivity index (χ3n) is 2.77. The Morgan fingerprint density at radius 1 is 1.18 bits per heavy atom.